The summed E-state index contributed by atoms with van der Waals surface area (Å²) >= 11 is 0. The number of fused-ring (bicyclic) bond motifs is 1. The van der Waals surface area contributed by atoms with Crippen molar-refractivity contribution in [3.8, 4) is 0 Å². The van der Waals surface area contributed by atoms with Crippen LogP contribution in [0.4, 0.5) is 52.0 Å². The minimum absolute atomic E-state index is 0.0312. The quantitative estimate of drug-likeness (QED) is 0.0397. The van der Waals surface area contributed by atoms with Crippen LogP contribution in [0, 0.1) is 0 Å². The lowest BCUT2D eigenvalue weighted by Crippen LogP contribution is -2.12. The van der Waals surface area contributed by atoms with Gasteiger partial charge in [0.05, 0.1) is 40.5 Å². The van der Waals surface area contributed by atoms with Crippen LogP contribution in [-0.2, 0) is 20.2 Å². The number of rotatable bonds is 15. The van der Waals surface area contributed by atoms with Crippen LogP contribution in [0.2, 0.25) is 0 Å². The molecular weight excluding hydrogens is 801 g/mol. The molecule has 0 amide bonds. The van der Waals surface area contributed by atoms with Crippen LogP contribution in [0.3, 0.4) is 0 Å². The van der Waals surface area contributed by atoms with Gasteiger partial charge in [0.1, 0.15) is 9.79 Å². The molecule has 0 unspecified atom stereocenters. The average molecular weight is 829 g/mol. The number of nitrogens with one attached hydrogen (secondary N) is 3. The molecule has 0 aliphatic carbocycles. The van der Waals surface area contributed by atoms with Gasteiger partial charge in [-0.05, 0) is 84.9 Å². The number of azo groups is 2. The minimum Gasteiger partial charge on any atom is -0.478 e. The molecule has 0 atom stereocenters. The predicted molar refractivity (Wildman–Crippen MR) is 207 cm³/mol. The Morgan fingerprint density at radius 3 is 1.48 bits per heavy atom. The number of carbonyl (C=O) groups is 2. The van der Waals surface area contributed by atoms with E-state index >= 15 is 0 Å². The molecule has 0 saturated carbocycles. The molecule has 0 radical (unpaired) electrons. The fourth-order valence-electron chi connectivity index (χ4n) is 5.17. The van der Waals surface area contributed by atoms with Gasteiger partial charge in [0.2, 0.25) is 17.8 Å². The second kappa shape index (κ2) is 16.8. The van der Waals surface area contributed by atoms with Crippen molar-refractivity contribution in [2.75, 3.05) is 29.1 Å². The normalized spacial score (nSPS) is 11.9. The lowest BCUT2D eigenvalue weighted by Gasteiger charge is -2.11. The van der Waals surface area contributed by atoms with Crippen LogP contribution in [-0.4, -0.2) is 81.3 Å². The highest BCUT2D eigenvalue weighted by Crippen LogP contribution is 2.34. The minimum atomic E-state index is -4.84. The molecule has 0 fully saturated rings. The van der Waals surface area contributed by atoms with Gasteiger partial charge >= 0.3 is 11.9 Å². The van der Waals surface area contributed by atoms with Gasteiger partial charge in [-0.2, -0.15) is 52.2 Å². The number of hydrogen-bond donors (Lipinski definition) is 8. The molecule has 5 aromatic carbocycles. The molecule has 21 nitrogen and oxygen atoms in total. The molecule has 1 aromatic heterocycles. The Morgan fingerprint density at radius 2 is 1.02 bits per heavy atom. The first kappa shape index (κ1) is 40.4. The van der Waals surface area contributed by atoms with E-state index in [1.165, 1.54) is 42.5 Å². The number of aromatic carboxylic acids is 2. The van der Waals surface area contributed by atoms with E-state index in [4.69, 9.17) is 0 Å². The number of benzene rings is 5. The first-order valence-corrected chi connectivity index (χ1v) is 19.3. The molecule has 1 heterocycles. The van der Waals surface area contributed by atoms with Crippen molar-refractivity contribution in [2.24, 2.45) is 20.5 Å². The van der Waals surface area contributed by atoms with Gasteiger partial charge in [0, 0.05) is 28.7 Å². The number of nitrogens with zero attached hydrogens (tertiary/aromatic N) is 7. The highest BCUT2D eigenvalue weighted by Gasteiger charge is 2.21. The van der Waals surface area contributed by atoms with E-state index in [-0.39, 0.29) is 70.0 Å². The van der Waals surface area contributed by atoms with E-state index in [2.05, 4.69) is 51.4 Å². The van der Waals surface area contributed by atoms with Crippen LogP contribution >= 0.6 is 0 Å². The number of anilines is 5. The summed E-state index contributed by atoms with van der Waals surface area (Å²) in [5, 5.41) is 52.6. The molecule has 0 spiro atoms. The third-order valence-electron chi connectivity index (χ3n) is 7.71. The number of aliphatic hydroxyl groups is 1. The fourth-order valence-corrected chi connectivity index (χ4v) is 6.59. The van der Waals surface area contributed by atoms with Crippen LogP contribution in [0.1, 0.15) is 20.7 Å². The summed E-state index contributed by atoms with van der Waals surface area (Å²) in [5.74, 6) is -2.33. The Bertz CT molecular complexity index is 2810. The summed E-state index contributed by atoms with van der Waals surface area (Å²) in [4.78, 5) is 34.6. The van der Waals surface area contributed by atoms with Gasteiger partial charge in [-0.3, -0.25) is 9.11 Å². The number of carboxylic acid groups (broad SMARTS) is 2. The maximum atomic E-state index is 12.1. The maximum Gasteiger partial charge on any atom is 0.335 e. The van der Waals surface area contributed by atoms with Crippen molar-refractivity contribution < 1.29 is 50.8 Å². The molecular formula is C35H28N10O11S2. The van der Waals surface area contributed by atoms with E-state index in [0.29, 0.717) is 17.1 Å². The zero-order valence-corrected chi connectivity index (χ0v) is 30.9. The smallest absolute Gasteiger partial charge is 0.335 e. The third-order valence-corrected chi connectivity index (χ3v) is 9.51. The van der Waals surface area contributed by atoms with Crippen LogP contribution in [0.25, 0.3) is 10.8 Å². The van der Waals surface area contributed by atoms with Crippen LogP contribution < -0.4 is 16.0 Å². The largest absolute Gasteiger partial charge is 0.478 e. The molecule has 6 aromatic rings. The lowest BCUT2D eigenvalue weighted by molar-refractivity contribution is 0.0696. The molecule has 296 valence electrons. The zero-order valence-electron chi connectivity index (χ0n) is 29.3. The number of hydrogen-bond acceptors (Lipinski definition) is 17. The first-order chi connectivity index (χ1) is 27.5. The van der Waals surface area contributed by atoms with Gasteiger partial charge in [0.25, 0.3) is 20.2 Å². The van der Waals surface area contributed by atoms with E-state index < -0.39 is 42.0 Å². The SMILES string of the molecule is O=C(O)c1cc(N=Nc2ccc(Nc3nc(NCCO)nc(Nc4ccc(N=Nc5cc(S(=O)(=O)O)c6cccc(S(=O)(=O)O)c6c5)cc4)n3)cc2)cc(C(=O)O)c1. The summed E-state index contributed by atoms with van der Waals surface area (Å²) in [5.41, 5.74) is 1.03. The summed E-state index contributed by atoms with van der Waals surface area (Å²) < 4.78 is 67.7. The molecule has 0 aliphatic heterocycles. The van der Waals surface area contributed by atoms with Crippen molar-refractivity contribution in [2.45, 2.75) is 9.79 Å². The second-order valence-corrected chi connectivity index (χ2v) is 14.6. The van der Waals surface area contributed by atoms with Crippen molar-refractivity contribution in [1.29, 1.82) is 0 Å². The Balaban J connectivity index is 1.18. The second-order valence-electron chi connectivity index (χ2n) is 11.8. The lowest BCUT2D eigenvalue weighted by atomic mass is 10.1. The number of aromatic nitrogens is 3. The topological polar surface area (TPSA) is 328 Å². The Kier molecular flexibility index (Phi) is 11.7. The fraction of sp³-hybridized carbons (Fsp3) is 0.0571. The highest BCUT2D eigenvalue weighted by molar-refractivity contribution is 7.86. The monoisotopic (exact) mass is 828 g/mol. The highest BCUT2D eigenvalue weighted by atomic mass is 32.2. The van der Waals surface area contributed by atoms with Crippen LogP contribution in [0.15, 0.2) is 127 Å². The first-order valence-electron chi connectivity index (χ1n) is 16.4. The van der Waals surface area contributed by atoms with Gasteiger partial charge in [0.15, 0.2) is 0 Å². The zero-order chi connectivity index (χ0) is 41.6. The molecule has 58 heavy (non-hydrogen) atoms. The summed E-state index contributed by atoms with van der Waals surface area (Å²) in [6.45, 7) is -0.0782. The van der Waals surface area contributed by atoms with Gasteiger partial charge in [-0.1, -0.05) is 12.1 Å². The van der Waals surface area contributed by atoms with Crippen LogP contribution in [0.5, 0.6) is 0 Å². The standard InChI is InChI=1S/C35H28N10O11S2/c46-13-12-36-33-39-34(37-21-4-8-23(9-5-21)42-44-25-15-19(31(47)48)14-20(16-25)32(49)50)41-35(40-33)38-22-6-10-24(11-7-22)43-45-26-17-28-27(30(18-26)58(54,55)56)2-1-3-29(28)57(51,52)53/h1-11,14-18,46H,12-13H2,(H,47,48)(H,49,50)(H,51,52,53)(H,54,55,56)(H3,36,37,38,39,40,41). The maximum absolute atomic E-state index is 12.1. The van der Waals surface area contributed by atoms with Crippen molar-refractivity contribution in [3.63, 3.8) is 0 Å². The third kappa shape index (κ3) is 10.1. The molecule has 0 saturated heterocycles. The molecule has 6 rings (SSSR count). The average Bonchev–Trinajstić information content (AvgIpc) is 3.18. The predicted octanol–water partition coefficient (Wildman–Crippen LogP) is 6.64. The summed E-state index contributed by atoms with van der Waals surface area (Å²) in [6.07, 6.45) is 0. The Labute approximate surface area is 327 Å². The Morgan fingerprint density at radius 1 is 0.552 bits per heavy atom. The van der Waals surface area contributed by atoms with Gasteiger partial charge in [-0.25, -0.2) is 9.59 Å². The van der Waals surface area contributed by atoms with Gasteiger partial charge < -0.3 is 31.3 Å². The van der Waals surface area contributed by atoms with E-state index in [0.717, 1.165) is 18.2 Å². The molecule has 0 aliphatic rings. The summed E-state index contributed by atoms with van der Waals surface area (Å²) in [7, 11) is -9.61. The van der Waals surface area contributed by atoms with Crippen molar-refractivity contribution >= 4 is 94.9 Å². The Hall–Kier alpha value is -7.31. The number of carboxylic acids is 2. The van der Waals surface area contributed by atoms with E-state index in [1.54, 1.807) is 36.4 Å². The molecule has 0 bridgehead atoms. The van der Waals surface area contributed by atoms with Gasteiger partial charge in [-0.15, -0.1) is 0 Å². The number of aliphatic hydroxyl groups excluding tert-OH is 1. The van der Waals surface area contributed by atoms with E-state index in [1.807, 2.05) is 0 Å². The summed E-state index contributed by atoms with van der Waals surface area (Å²) in [6, 6.07) is 21.8. The van der Waals surface area contributed by atoms with Crippen molar-refractivity contribution in [3.05, 3.63) is 108 Å². The van der Waals surface area contributed by atoms with Crippen molar-refractivity contribution in [1.82, 2.24) is 15.0 Å². The molecule has 23 heteroatoms. The van der Waals surface area contributed by atoms with E-state index in [9.17, 15) is 50.8 Å². The molecule has 8 N–H and O–H groups in total.